The molecule has 1 saturated carbocycles. The Kier molecular flexibility index (Phi) is 9.63. The van der Waals surface area contributed by atoms with Crippen LogP contribution in [0.15, 0.2) is 42.5 Å². The summed E-state index contributed by atoms with van der Waals surface area (Å²) in [7, 11) is 0. The van der Waals surface area contributed by atoms with Gasteiger partial charge in [0.25, 0.3) is 0 Å². The van der Waals surface area contributed by atoms with Crippen LogP contribution in [0.3, 0.4) is 0 Å². The molecule has 0 heterocycles. The zero-order chi connectivity index (χ0) is 23.8. The number of carbonyl (C=O) groups is 2. The highest BCUT2D eigenvalue weighted by Gasteiger charge is 2.30. The lowest BCUT2D eigenvalue weighted by atomic mass is 10.1. The van der Waals surface area contributed by atoms with Gasteiger partial charge in [-0.2, -0.15) is 0 Å². The van der Waals surface area contributed by atoms with E-state index < -0.39 is 6.04 Å². The van der Waals surface area contributed by atoms with Crippen molar-refractivity contribution in [1.82, 2.24) is 10.2 Å². The lowest BCUT2D eigenvalue weighted by molar-refractivity contribution is -0.139. The second kappa shape index (κ2) is 12.4. The van der Waals surface area contributed by atoms with Crippen molar-refractivity contribution < 1.29 is 14.0 Å². The monoisotopic (exact) mass is 490 g/mol. The maximum absolute atomic E-state index is 14.1. The van der Waals surface area contributed by atoms with Gasteiger partial charge in [0, 0.05) is 28.9 Å². The van der Waals surface area contributed by atoms with Crippen molar-refractivity contribution in [2.75, 3.05) is 5.75 Å². The van der Waals surface area contributed by atoms with Gasteiger partial charge in [-0.25, -0.2) is 4.39 Å². The number of amides is 2. The smallest absolute Gasteiger partial charge is 0.243 e. The first kappa shape index (κ1) is 25.6. The van der Waals surface area contributed by atoms with E-state index >= 15 is 0 Å². The number of hydrogen-bond donors (Lipinski definition) is 1. The summed E-state index contributed by atoms with van der Waals surface area (Å²) in [4.78, 5) is 28.1. The molecule has 1 N–H and O–H groups in total. The van der Waals surface area contributed by atoms with Gasteiger partial charge in [-0.1, -0.05) is 67.3 Å². The number of halogens is 2. The van der Waals surface area contributed by atoms with Crippen molar-refractivity contribution >= 4 is 35.2 Å². The third-order valence-corrected chi connectivity index (χ3v) is 7.39. The Morgan fingerprint density at radius 2 is 1.88 bits per heavy atom. The summed E-state index contributed by atoms with van der Waals surface area (Å²) in [5.41, 5.74) is 2.51. The Hall–Kier alpha value is -2.05. The van der Waals surface area contributed by atoms with Crippen LogP contribution in [0.25, 0.3) is 0 Å². The Morgan fingerprint density at radius 1 is 1.18 bits per heavy atom. The zero-order valence-electron chi connectivity index (χ0n) is 19.3. The number of aryl methyl sites for hydroxylation is 1. The Bertz CT molecular complexity index is 928. The van der Waals surface area contributed by atoms with E-state index in [1.54, 1.807) is 17.0 Å². The first-order valence-corrected chi connectivity index (χ1v) is 13.1. The Balaban J connectivity index is 1.72. The lowest BCUT2D eigenvalue weighted by Crippen LogP contribution is -2.51. The molecule has 2 amide bonds. The first-order chi connectivity index (χ1) is 15.9. The maximum Gasteiger partial charge on any atom is 0.243 e. The van der Waals surface area contributed by atoms with Crippen molar-refractivity contribution in [1.29, 1.82) is 0 Å². The highest BCUT2D eigenvalue weighted by molar-refractivity contribution is 7.99. The Morgan fingerprint density at radius 3 is 2.52 bits per heavy atom. The van der Waals surface area contributed by atoms with Gasteiger partial charge < -0.3 is 10.2 Å². The summed E-state index contributed by atoms with van der Waals surface area (Å²) in [5, 5.41) is 3.51. The van der Waals surface area contributed by atoms with Gasteiger partial charge in [-0.3, -0.25) is 9.59 Å². The molecule has 0 saturated heterocycles. The fourth-order valence-corrected chi connectivity index (χ4v) is 5.42. The summed E-state index contributed by atoms with van der Waals surface area (Å²) >= 11 is 7.43. The maximum atomic E-state index is 14.1. The van der Waals surface area contributed by atoms with E-state index in [-0.39, 0.29) is 29.4 Å². The van der Waals surface area contributed by atoms with Crippen LogP contribution in [0.4, 0.5) is 4.39 Å². The summed E-state index contributed by atoms with van der Waals surface area (Å²) < 4.78 is 14.1. The van der Waals surface area contributed by atoms with Crippen molar-refractivity contribution in [2.45, 2.75) is 70.3 Å². The number of nitrogens with one attached hydrogen (secondary N) is 1. The number of nitrogens with zero attached hydrogens (tertiary/aromatic N) is 1. The molecule has 0 radical (unpaired) electrons. The SMILES string of the molecule is CCC(C(=O)NC1CCCC1)N(Cc1ccc(C)cc1)C(=O)CSCc1c(F)cccc1Cl. The molecular weight excluding hydrogens is 459 g/mol. The third-order valence-electron chi connectivity index (χ3n) is 6.09. The largest absolute Gasteiger partial charge is 0.352 e. The van der Waals surface area contributed by atoms with Crippen LogP contribution in [0, 0.1) is 12.7 Å². The molecule has 2 aromatic carbocycles. The first-order valence-electron chi connectivity index (χ1n) is 11.5. The number of thioether (sulfide) groups is 1. The summed E-state index contributed by atoms with van der Waals surface area (Å²) in [6, 6.07) is 12.2. The molecule has 1 unspecified atom stereocenters. The minimum atomic E-state index is -0.544. The molecule has 1 aliphatic rings. The van der Waals surface area contributed by atoms with Crippen LogP contribution in [0.5, 0.6) is 0 Å². The predicted octanol–water partition coefficient (Wildman–Crippen LogP) is 5.89. The molecule has 4 nitrogen and oxygen atoms in total. The number of benzene rings is 2. The van der Waals surface area contributed by atoms with Crippen molar-refractivity contribution in [3.8, 4) is 0 Å². The van der Waals surface area contributed by atoms with Crippen LogP contribution < -0.4 is 5.32 Å². The van der Waals surface area contributed by atoms with Crippen molar-refractivity contribution in [3.05, 3.63) is 70.0 Å². The third kappa shape index (κ3) is 7.21. The zero-order valence-corrected chi connectivity index (χ0v) is 20.9. The van der Waals surface area contributed by atoms with Gasteiger partial charge in [0.1, 0.15) is 11.9 Å². The predicted molar refractivity (Wildman–Crippen MR) is 134 cm³/mol. The quantitative estimate of drug-likeness (QED) is 0.452. The molecule has 0 bridgehead atoms. The number of hydrogen-bond acceptors (Lipinski definition) is 3. The molecular formula is C26H32ClFN2O2S. The van der Waals surface area contributed by atoms with Crippen LogP contribution in [-0.2, 0) is 21.9 Å². The van der Waals surface area contributed by atoms with E-state index in [1.807, 2.05) is 38.1 Å². The number of rotatable bonds is 10. The standard InChI is InChI=1S/C26H32ClFN2O2S/c1-3-24(26(32)29-20-7-4-5-8-20)30(15-19-13-11-18(2)12-14-19)25(31)17-33-16-21-22(27)9-6-10-23(21)28/h6,9-14,20,24H,3-5,7-8,15-17H2,1-2H3,(H,29,32). The van der Waals surface area contributed by atoms with E-state index in [1.165, 1.54) is 17.8 Å². The van der Waals surface area contributed by atoms with E-state index in [0.29, 0.717) is 29.3 Å². The lowest BCUT2D eigenvalue weighted by Gasteiger charge is -2.31. The molecule has 1 aliphatic carbocycles. The second-order valence-corrected chi connectivity index (χ2v) is 10.0. The summed E-state index contributed by atoms with van der Waals surface area (Å²) in [6.45, 7) is 4.30. The van der Waals surface area contributed by atoms with Crippen LogP contribution in [-0.4, -0.2) is 34.6 Å². The highest BCUT2D eigenvalue weighted by Crippen LogP contribution is 2.25. The van der Waals surface area contributed by atoms with E-state index in [9.17, 15) is 14.0 Å². The van der Waals surface area contributed by atoms with Crippen molar-refractivity contribution in [2.24, 2.45) is 0 Å². The molecule has 33 heavy (non-hydrogen) atoms. The van der Waals surface area contributed by atoms with E-state index in [0.717, 1.165) is 36.8 Å². The Labute approximate surface area is 205 Å². The van der Waals surface area contributed by atoms with Gasteiger partial charge in [0.05, 0.1) is 5.75 Å². The molecule has 7 heteroatoms. The molecule has 0 aliphatic heterocycles. The summed E-state index contributed by atoms with van der Waals surface area (Å²) in [5.74, 6) is -0.167. The van der Waals surface area contributed by atoms with Gasteiger partial charge >= 0.3 is 0 Å². The van der Waals surface area contributed by atoms with Crippen LogP contribution in [0.2, 0.25) is 5.02 Å². The molecule has 178 valence electrons. The average Bonchev–Trinajstić information content (AvgIpc) is 3.30. The molecule has 2 aromatic rings. The molecule has 3 rings (SSSR count). The minimum absolute atomic E-state index is 0.0907. The van der Waals surface area contributed by atoms with Gasteiger partial charge in [-0.05, 0) is 43.9 Å². The topological polar surface area (TPSA) is 49.4 Å². The minimum Gasteiger partial charge on any atom is -0.352 e. The highest BCUT2D eigenvalue weighted by atomic mass is 35.5. The number of carbonyl (C=O) groups excluding carboxylic acids is 2. The normalized spacial score (nSPS) is 14.8. The molecule has 1 fully saturated rings. The van der Waals surface area contributed by atoms with Crippen LogP contribution in [0.1, 0.15) is 55.7 Å². The summed E-state index contributed by atoms with van der Waals surface area (Å²) in [6.07, 6.45) is 4.77. The second-order valence-electron chi connectivity index (χ2n) is 8.61. The fourth-order valence-electron chi connectivity index (χ4n) is 4.17. The molecule has 0 spiro atoms. The van der Waals surface area contributed by atoms with Crippen molar-refractivity contribution in [3.63, 3.8) is 0 Å². The van der Waals surface area contributed by atoms with Crippen LogP contribution >= 0.6 is 23.4 Å². The van der Waals surface area contributed by atoms with Gasteiger partial charge in [-0.15, -0.1) is 11.8 Å². The van der Waals surface area contributed by atoms with E-state index in [2.05, 4.69) is 5.32 Å². The van der Waals surface area contributed by atoms with Gasteiger partial charge in [0.2, 0.25) is 11.8 Å². The average molecular weight is 491 g/mol. The molecule has 0 aromatic heterocycles. The van der Waals surface area contributed by atoms with Gasteiger partial charge in [0.15, 0.2) is 0 Å². The fraction of sp³-hybridized carbons (Fsp3) is 0.462. The molecule has 1 atom stereocenters. The van der Waals surface area contributed by atoms with E-state index in [4.69, 9.17) is 11.6 Å².